The largest absolute Gasteiger partial charge is 0.441 e. The van der Waals surface area contributed by atoms with Gasteiger partial charge in [-0.15, -0.1) is 0 Å². The van der Waals surface area contributed by atoms with Crippen molar-refractivity contribution in [2.45, 2.75) is 10.4 Å². The molecule has 0 aliphatic carbocycles. The number of anilines is 1. The molecule has 0 saturated carbocycles. The molecule has 108 valence electrons. The van der Waals surface area contributed by atoms with Crippen LogP contribution in [-0.2, 0) is 10.0 Å². The SMILES string of the molecule is CNc1ncc(S(=O)(=O)NCCSC(F)(F)F)cn1. The summed E-state index contributed by atoms with van der Waals surface area (Å²) in [6.07, 6.45) is 2.14. The summed E-state index contributed by atoms with van der Waals surface area (Å²) in [4.78, 5) is 7.20. The van der Waals surface area contributed by atoms with Crippen molar-refractivity contribution in [3.05, 3.63) is 12.4 Å². The Kier molecular flexibility index (Phi) is 5.38. The Hall–Kier alpha value is -1.07. The van der Waals surface area contributed by atoms with Gasteiger partial charge in [0, 0.05) is 19.3 Å². The molecule has 0 amide bonds. The van der Waals surface area contributed by atoms with Crippen LogP contribution in [0.4, 0.5) is 19.1 Å². The number of nitrogens with zero attached hydrogens (tertiary/aromatic N) is 2. The molecule has 1 heterocycles. The van der Waals surface area contributed by atoms with Crippen LogP contribution >= 0.6 is 11.8 Å². The number of aromatic nitrogens is 2. The lowest BCUT2D eigenvalue weighted by atomic mass is 10.7. The van der Waals surface area contributed by atoms with Crippen LogP contribution < -0.4 is 10.0 Å². The summed E-state index contributed by atoms with van der Waals surface area (Å²) in [7, 11) is -2.32. The third-order valence-electron chi connectivity index (χ3n) is 1.82. The number of halogens is 3. The molecule has 1 aromatic heterocycles. The van der Waals surface area contributed by atoms with Crippen LogP contribution in [0.2, 0.25) is 0 Å². The molecule has 0 aliphatic rings. The molecular formula is C8H11F3N4O2S2. The van der Waals surface area contributed by atoms with Crippen molar-refractivity contribution >= 4 is 27.7 Å². The summed E-state index contributed by atoms with van der Waals surface area (Å²) < 4.78 is 60.9. The van der Waals surface area contributed by atoms with E-state index in [1.807, 2.05) is 4.72 Å². The average molecular weight is 316 g/mol. The minimum atomic E-state index is -4.37. The first-order valence-electron chi connectivity index (χ1n) is 4.95. The Morgan fingerprint density at radius 2 is 1.89 bits per heavy atom. The number of thioether (sulfide) groups is 1. The maximum absolute atomic E-state index is 11.8. The van der Waals surface area contributed by atoms with E-state index in [4.69, 9.17) is 0 Å². The van der Waals surface area contributed by atoms with Crippen molar-refractivity contribution in [1.29, 1.82) is 0 Å². The molecule has 1 rings (SSSR count). The third-order valence-corrected chi connectivity index (χ3v) is 3.97. The molecular weight excluding hydrogens is 305 g/mol. The fourth-order valence-corrected chi connectivity index (χ4v) is 2.50. The predicted molar refractivity (Wildman–Crippen MR) is 65.3 cm³/mol. The molecule has 0 aliphatic heterocycles. The molecule has 11 heteroatoms. The standard InChI is InChI=1S/C8H11F3N4O2S2/c1-12-7-13-4-6(5-14-7)19(16,17)15-2-3-18-8(9,10)11/h4-5,15H,2-3H2,1H3,(H,12,13,14). The normalized spacial score (nSPS) is 12.4. The molecule has 0 aromatic carbocycles. The van der Waals surface area contributed by atoms with E-state index in [0.717, 1.165) is 12.4 Å². The van der Waals surface area contributed by atoms with Gasteiger partial charge in [-0.25, -0.2) is 23.1 Å². The maximum Gasteiger partial charge on any atom is 0.441 e. The Morgan fingerprint density at radius 3 is 2.37 bits per heavy atom. The second-order valence-corrected chi connectivity index (χ2v) is 6.11. The van der Waals surface area contributed by atoms with Crippen molar-refractivity contribution < 1.29 is 21.6 Å². The van der Waals surface area contributed by atoms with E-state index in [1.165, 1.54) is 0 Å². The second kappa shape index (κ2) is 6.39. The summed E-state index contributed by atoms with van der Waals surface area (Å²) in [6.45, 7) is -0.333. The molecule has 2 N–H and O–H groups in total. The Labute approximate surface area is 112 Å². The van der Waals surface area contributed by atoms with Gasteiger partial charge < -0.3 is 5.32 Å². The fourth-order valence-electron chi connectivity index (χ4n) is 1.01. The first kappa shape index (κ1) is 16.0. The van der Waals surface area contributed by atoms with Gasteiger partial charge in [-0.3, -0.25) is 0 Å². The van der Waals surface area contributed by atoms with E-state index < -0.39 is 21.3 Å². The number of nitrogens with one attached hydrogen (secondary N) is 2. The zero-order chi connectivity index (χ0) is 14.5. The van der Waals surface area contributed by atoms with E-state index in [2.05, 4.69) is 15.3 Å². The Balaban J connectivity index is 2.56. The minimum absolute atomic E-state index is 0.205. The highest BCUT2D eigenvalue weighted by Gasteiger charge is 2.27. The van der Waals surface area contributed by atoms with E-state index in [0.29, 0.717) is 0 Å². The molecule has 1 aromatic rings. The van der Waals surface area contributed by atoms with Gasteiger partial charge in [-0.2, -0.15) is 13.2 Å². The van der Waals surface area contributed by atoms with E-state index in [9.17, 15) is 21.6 Å². The Morgan fingerprint density at radius 1 is 1.32 bits per heavy atom. The second-order valence-electron chi connectivity index (χ2n) is 3.18. The topological polar surface area (TPSA) is 84.0 Å². The fraction of sp³-hybridized carbons (Fsp3) is 0.500. The summed E-state index contributed by atoms with van der Waals surface area (Å²) in [5.74, 6) is -0.162. The van der Waals surface area contributed by atoms with E-state index >= 15 is 0 Å². The first-order valence-corrected chi connectivity index (χ1v) is 7.41. The van der Waals surface area contributed by atoms with Crippen molar-refractivity contribution in [3.8, 4) is 0 Å². The van der Waals surface area contributed by atoms with Gasteiger partial charge in [-0.05, 0) is 11.8 Å². The molecule has 19 heavy (non-hydrogen) atoms. The lowest BCUT2D eigenvalue weighted by molar-refractivity contribution is -0.0327. The summed E-state index contributed by atoms with van der Waals surface area (Å²) in [5, 5.41) is 2.61. The van der Waals surface area contributed by atoms with Crippen LogP contribution in [0.15, 0.2) is 17.3 Å². The summed E-state index contributed by atoms with van der Waals surface area (Å²) >= 11 is -0.293. The first-order chi connectivity index (χ1) is 8.74. The predicted octanol–water partition coefficient (Wildman–Crippen LogP) is 1.05. The van der Waals surface area contributed by atoms with Gasteiger partial charge >= 0.3 is 5.51 Å². The number of hydrogen-bond acceptors (Lipinski definition) is 6. The number of alkyl halides is 3. The minimum Gasteiger partial charge on any atom is -0.357 e. The molecule has 0 fully saturated rings. The molecule has 0 radical (unpaired) electrons. The molecule has 0 spiro atoms. The van der Waals surface area contributed by atoms with Crippen molar-refractivity contribution in [1.82, 2.24) is 14.7 Å². The Bertz CT molecular complexity index is 504. The molecule has 6 nitrogen and oxygen atoms in total. The third kappa shape index (κ3) is 5.61. The van der Waals surface area contributed by atoms with Crippen LogP contribution in [0.1, 0.15) is 0 Å². The maximum atomic E-state index is 11.8. The number of sulfonamides is 1. The average Bonchev–Trinajstić information content (AvgIpc) is 2.34. The van der Waals surface area contributed by atoms with Crippen LogP contribution in [0.5, 0.6) is 0 Å². The summed E-state index contributed by atoms with van der Waals surface area (Å²) in [5.41, 5.74) is -4.37. The number of rotatable bonds is 6. The van der Waals surface area contributed by atoms with Crippen molar-refractivity contribution in [3.63, 3.8) is 0 Å². The smallest absolute Gasteiger partial charge is 0.357 e. The van der Waals surface area contributed by atoms with Crippen molar-refractivity contribution in [2.75, 3.05) is 24.7 Å². The monoisotopic (exact) mass is 316 g/mol. The lowest BCUT2D eigenvalue weighted by Gasteiger charge is -2.08. The molecule has 0 unspecified atom stereocenters. The zero-order valence-electron chi connectivity index (χ0n) is 9.73. The molecule has 0 bridgehead atoms. The number of hydrogen-bond donors (Lipinski definition) is 2. The van der Waals surface area contributed by atoms with Crippen LogP contribution in [0.25, 0.3) is 0 Å². The summed E-state index contributed by atoms with van der Waals surface area (Å²) in [6, 6.07) is 0. The van der Waals surface area contributed by atoms with Crippen LogP contribution in [0.3, 0.4) is 0 Å². The van der Waals surface area contributed by atoms with Gasteiger partial charge in [0.25, 0.3) is 0 Å². The van der Waals surface area contributed by atoms with Gasteiger partial charge in [-0.1, -0.05) is 0 Å². The quantitative estimate of drug-likeness (QED) is 0.763. The van der Waals surface area contributed by atoms with Crippen molar-refractivity contribution in [2.24, 2.45) is 0 Å². The van der Waals surface area contributed by atoms with Crippen LogP contribution in [-0.4, -0.2) is 43.2 Å². The van der Waals surface area contributed by atoms with Gasteiger partial charge in [0.1, 0.15) is 4.90 Å². The lowest BCUT2D eigenvalue weighted by Crippen LogP contribution is -2.27. The molecule has 0 atom stereocenters. The van der Waals surface area contributed by atoms with Gasteiger partial charge in [0.2, 0.25) is 16.0 Å². The highest BCUT2D eigenvalue weighted by molar-refractivity contribution is 8.00. The highest BCUT2D eigenvalue weighted by Crippen LogP contribution is 2.29. The highest BCUT2D eigenvalue weighted by atomic mass is 32.2. The van der Waals surface area contributed by atoms with E-state index in [1.54, 1.807) is 7.05 Å². The van der Waals surface area contributed by atoms with E-state index in [-0.39, 0.29) is 29.2 Å². The van der Waals surface area contributed by atoms with Gasteiger partial charge in [0.15, 0.2) is 0 Å². The zero-order valence-corrected chi connectivity index (χ0v) is 11.4. The molecule has 0 saturated heterocycles. The van der Waals surface area contributed by atoms with Crippen LogP contribution in [0, 0.1) is 0 Å². The van der Waals surface area contributed by atoms with Gasteiger partial charge in [0.05, 0.1) is 12.4 Å².